The predicted molar refractivity (Wildman–Crippen MR) is 95.4 cm³/mol. The van der Waals surface area contributed by atoms with E-state index in [1.165, 1.54) is 18.0 Å². The molecule has 8 nitrogen and oxygen atoms in total. The number of ether oxygens (including phenoxy) is 1. The van der Waals surface area contributed by atoms with Crippen LogP contribution in [-0.2, 0) is 9.53 Å². The summed E-state index contributed by atoms with van der Waals surface area (Å²) in [6, 6.07) is 10.1. The molecule has 2 N–H and O–H groups in total. The molecule has 25 heavy (non-hydrogen) atoms. The SMILES string of the molecule is CCOC(=O)CSc1ccc(C(=O)Nc2ccccc2NN=[N-])cn1. The molecule has 0 saturated heterocycles. The van der Waals surface area contributed by atoms with Crippen LogP contribution in [0.25, 0.3) is 5.53 Å². The molecule has 0 fully saturated rings. The molecule has 0 bridgehead atoms. The summed E-state index contributed by atoms with van der Waals surface area (Å²) in [5.74, 6) is -0.507. The summed E-state index contributed by atoms with van der Waals surface area (Å²) in [5, 5.41) is 6.17. The summed E-state index contributed by atoms with van der Waals surface area (Å²) in [7, 11) is 0. The lowest BCUT2D eigenvalue weighted by molar-refractivity contribution is -0.139. The first-order valence-corrected chi connectivity index (χ1v) is 8.37. The Labute approximate surface area is 148 Å². The van der Waals surface area contributed by atoms with Crippen LogP contribution in [0.15, 0.2) is 52.8 Å². The highest BCUT2D eigenvalue weighted by Gasteiger charge is 2.09. The highest BCUT2D eigenvalue weighted by atomic mass is 32.2. The quantitative estimate of drug-likeness (QED) is 0.324. The second-order valence-corrected chi connectivity index (χ2v) is 5.69. The molecule has 1 aromatic carbocycles. The molecule has 0 atom stereocenters. The molecule has 0 radical (unpaired) electrons. The number of nitrogens with zero attached hydrogens (tertiary/aromatic N) is 3. The van der Waals surface area contributed by atoms with Crippen molar-refractivity contribution in [2.45, 2.75) is 11.9 Å². The van der Waals surface area contributed by atoms with E-state index < -0.39 is 0 Å². The number of anilines is 2. The van der Waals surface area contributed by atoms with Gasteiger partial charge in [-0.2, -0.15) is 0 Å². The third-order valence-corrected chi connectivity index (χ3v) is 3.90. The number of rotatable bonds is 8. The zero-order valence-electron chi connectivity index (χ0n) is 13.4. The number of carbonyl (C=O) groups excluding carboxylic acids is 2. The number of amides is 1. The van der Waals surface area contributed by atoms with Crippen molar-refractivity contribution in [1.29, 1.82) is 0 Å². The van der Waals surface area contributed by atoms with E-state index in [9.17, 15) is 9.59 Å². The zero-order chi connectivity index (χ0) is 18.1. The number of esters is 1. The van der Waals surface area contributed by atoms with Crippen LogP contribution in [0, 0.1) is 0 Å². The van der Waals surface area contributed by atoms with Crippen LogP contribution in [0.2, 0.25) is 0 Å². The average molecular weight is 358 g/mol. The maximum Gasteiger partial charge on any atom is 0.316 e. The van der Waals surface area contributed by atoms with Gasteiger partial charge in [0.2, 0.25) is 0 Å². The number of hydrogen-bond acceptors (Lipinski definition) is 6. The van der Waals surface area contributed by atoms with E-state index in [1.807, 2.05) is 0 Å². The van der Waals surface area contributed by atoms with Gasteiger partial charge in [-0.3, -0.25) is 14.8 Å². The zero-order valence-corrected chi connectivity index (χ0v) is 14.2. The smallest absolute Gasteiger partial charge is 0.316 e. The first-order chi connectivity index (χ1) is 12.1. The fourth-order valence-electron chi connectivity index (χ4n) is 1.87. The van der Waals surface area contributed by atoms with Gasteiger partial charge in [0.05, 0.1) is 22.9 Å². The largest absolute Gasteiger partial charge is 0.465 e. The third kappa shape index (κ3) is 5.57. The lowest BCUT2D eigenvalue weighted by Gasteiger charge is -2.13. The van der Waals surface area contributed by atoms with Crippen LogP contribution in [-0.4, -0.2) is 29.2 Å². The molecule has 0 aliphatic rings. The van der Waals surface area contributed by atoms with Crippen molar-refractivity contribution in [3.8, 4) is 0 Å². The first-order valence-electron chi connectivity index (χ1n) is 7.39. The lowest BCUT2D eigenvalue weighted by atomic mass is 10.2. The van der Waals surface area contributed by atoms with Gasteiger partial charge < -0.3 is 21.0 Å². The Morgan fingerprint density at radius 2 is 2.00 bits per heavy atom. The second-order valence-electron chi connectivity index (χ2n) is 4.69. The number of pyridine rings is 1. The molecular weight excluding hydrogens is 342 g/mol. The fourth-order valence-corrected chi connectivity index (χ4v) is 2.51. The monoisotopic (exact) mass is 358 g/mol. The third-order valence-electron chi connectivity index (χ3n) is 2.99. The van der Waals surface area contributed by atoms with Gasteiger partial charge in [-0.05, 0) is 30.8 Å². The van der Waals surface area contributed by atoms with E-state index in [0.717, 1.165) is 0 Å². The molecule has 2 rings (SSSR count). The van der Waals surface area contributed by atoms with Crippen LogP contribution in [0.1, 0.15) is 17.3 Å². The highest BCUT2D eigenvalue weighted by Crippen LogP contribution is 2.22. The second kappa shape index (κ2) is 9.38. The van der Waals surface area contributed by atoms with E-state index in [2.05, 4.69) is 20.9 Å². The number of carbonyl (C=O) groups is 2. The van der Waals surface area contributed by atoms with Gasteiger partial charge >= 0.3 is 5.97 Å². The van der Waals surface area contributed by atoms with Gasteiger partial charge in [0.15, 0.2) is 0 Å². The molecule has 2 aromatic rings. The standard InChI is InChI=1S/C16H16N5O3S/c1-2-24-15(22)10-25-14-8-7-11(9-18-14)16(23)19-12-5-3-4-6-13(12)20-21-17/h3-9H,2,10H2,1H3,(H2-,17,19,20,21,23)/q-1. The molecule has 0 unspecified atom stereocenters. The molecule has 0 spiro atoms. The van der Waals surface area contributed by atoms with Crippen LogP contribution in [0.3, 0.4) is 0 Å². The summed E-state index contributed by atoms with van der Waals surface area (Å²) in [4.78, 5) is 27.7. The van der Waals surface area contributed by atoms with Gasteiger partial charge in [0.25, 0.3) is 5.91 Å². The Hall–Kier alpha value is -2.94. The van der Waals surface area contributed by atoms with Crippen molar-refractivity contribution < 1.29 is 14.3 Å². The maximum absolute atomic E-state index is 12.3. The molecule has 9 heteroatoms. The Kier molecular flexibility index (Phi) is 6.90. The van der Waals surface area contributed by atoms with Gasteiger partial charge in [-0.1, -0.05) is 30.0 Å². The van der Waals surface area contributed by atoms with E-state index in [1.54, 1.807) is 43.3 Å². The minimum absolute atomic E-state index is 0.163. The predicted octanol–water partition coefficient (Wildman–Crippen LogP) is 3.34. The maximum atomic E-state index is 12.3. The minimum atomic E-state index is -0.360. The molecule has 1 amide bonds. The molecular formula is C16H16N5O3S-. The molecule has 0 saturated carbocycles. The summed E-state index contributed by atoms with van der Waals surface area (Å²) in [5.41, 5.74) is 12.3. The van der Waals surface area contributed by atoms with Crippen molar-refractivity contribution in [2.24, 2.45) is 5.22 Å². The summed E-state index contributed by atoms with van der Waals surface area (Å²) < 4.78 is 4.84. The van der Waals surface area contributed by atoms with Gasteiger partial charge in [0.1, 0.15) is 0 Å². The van der Waals surface area contributed by atoms with Crippen LogP contribution in [0.5, 0.6) is 0 Å². The van der Waals surface area contributed by atoms with Crippen LogP contribution in [0.4, 0.5) is 11.4 Å². The Morgan fingerprint density at radius 3 is 2.64 bits per heavy atom. The normalized spacial score (nSPS) is 9.96. The van der Waals surface area contributed by atoms with Gasteiger partial charge in [0, 0.05) is 11.9 Å². The molecule has 1 heterocycles. The van der Waals surface area contributed by atoms with Crippen LogP contribution >= 0.6 is 11.8 Å². The number of aromatic nitrogens is 1. The number of hydrogen-bond donors (Lipinski definition) is 2. The molecule has 1 aromatic heterocycles. The van der Waals surface area contributed by atoms with Crippen molar-refractivity contribution in [1.82, 2.24) is 4.98 Å². The number of nitrogens with one attached hydrogen (secondary N) is 2. The molecule has 0 aliphatic heterocycles. The minimum Gasteiger partial charge on any atom is -0.465 e. The fraction of sp³-hybridized carbons (Fsp3) is 0.188. The molecule has 130 valence electrons. The van der Waals surface area contributed by atoms with Gasteiger partial charge in [-0.25, -0.2) is 4.98 Å². The van der Waals surface area contributed by atoms with E-state index in [4.69, 9.17) is 10.3 Å². The molecule has 0 aliphatic carbocycles. The van der Waals surface area contributed by atoms with Crippen molar-refractivity contribution in [3.63, 3.8) is 0 Å². The number of para-hydroxylation sites is 2. The lowest BCUT2D eigenvalue weighted by Crippen LogP contribution is -2.13. The van der Waals surface area contributed by atoms with Crippen molar-refractivity contribution in [2.75, 3.05) is 23.1 Å². The summed E-state index contributed by atoms with van der Waals surface area (Å²) >= 11 is 1.23. The van der Waals surface area contributed by atoms with E-state index in [-0.39, 0.29) is 17.6 Å². The van der Waals surface area contributed by atoms with E-state index >= 15 is 0 Å². The first kappa shape index (κ1) is 18.4. The van der Waals surface area contributed by atoms with Crippen molar-refractivity contribution in [3.05, 3.63) is 53.7 Å². The van der Waals surface area contributed by atoms with Crippen LogP contribution < -0.4 is 10.7 Å². The highest BCUT2D eigenvalue weighted by molar-refractivity contribution is 7.99. The average Bonchev–Trinajstić information content (AvgIpc) is 2.62. The van der Waals surface area contributed by atoms with Gasteiger partial charge in [-0.15, -0.1) is 0 Å². The summed E-state index contributed by atoms with van der Waals surface area (Å²) in [6.07, 6.45) is 1.43. The Morgan fingerprint density at radius 1 is 1.24 bits per heavy atom. The number of benzene rings is 1. The van der Waals surface area contributed by atoms with E-state index in [0.29, 0.717) is 28.6 Å². The number of thioether (sulfide) groups is 1. The van der Waals surface area contributed by atoms with Crippen molar-refractivity contribution >= 4 is 35.0 Å². The Balaban J connectivity index is 1.99. The Bertz CT molecular complexity index is 752. The topological polar surface area (TPSA) is 115 Å². The summed E-state index contributed by atoms with van der Waals surface area (Å²) in [6.45, 7) is 2.09.